The van der Waals surface area contributed by atoms with Gasteiger partial charge in [0.1, 0.15) is 0 Å². The molecule has 0 radical (unpaired) electrons. The summed E-state index contributed by atoms with van der Waals surface area (Å²) in [6.45, 7) is 4.83. The Kier molecular flexibility index (Phi) is 2.37. The van der Waals surface area contributed by atoms with Crippen LogP contribution in [0.25, 0.3) is 0 Å². The van der Waals surface area contributed by atoms with Crippen LogP contribution in [0.5, 0.6) is 0 Å². The molecule has 1 aliphatic rings. The zero-order chi connectivity index (χ0) is 11.4. The molecule has 5 heteroatoms. The van der Waals surface area contributed by atoms with Crippen LogP contribution in [0, 0.1) is 17.3 Å². The van der Waals surface area contributed by atoms with Crippen molar-refractivity contribution in [1.82, 2.24) is 0 Å². The number of hydrogen-bond acceptors (Lipinski definition) is 0. The Morgan fingerprint density at radius 2 is 1.57 bits per heavy atom. The van der Waals surface area contributed by atoms with Crippen molar-refractivity contribution in [1.29, 1.82) is 0 Å². The Morgan fingerprint density at radius 1 is 1.14 bits per heavy atom. The van der Waals surface area contributed by atoms with Crippen LogP contribution >= 0.6 is 0 Å². The molecule has 0 saturated heterocycles. The number of rotatable bonds is 2. The first-order chi connectivity index (χ1) is 6.03. The van der Waals surface area contributed by atoms with E-state index in [0.29, 0.717) is 0 Å². The lowest BCUT2D eigenvalue weighted by Crippen LogP contribution is -2.40. The van der Waals surface area contributed by atoms with E-state index in [1.54, 1.807) is 13.8 Å². The van der Waals surface area contributed by atoms with Gasteiger partial charge in [0.25, 0.3) is 0 Å². The highest BCUT2D eigenvalue weighted by molar-refractivity contribution is 5.09. The smallest absolute Gasteiger partial charge is 0.196 e. The molecular formula is C9H13F5. The highest BCUT2D eigenvalue weighted by Gasteiger charge is 2.73. The lowest BCUT2D eigenvalue weighted by Gasteiger charge is -2.24. The molecule has 1 rings (SSSR count). The highest BCUT2D eigenvalue weighted by Crippen LogP contribution is 2.66. The molecule has 0 bridgehead atoms. The van der Waals surface area contributed by atoms with E-state index in [0.717, 1.165) is 0 Å². The van der Waals surface area contributed by atoms with Crippen molar-refractivity contribution >= 4 is 0 Å². The van der Waals surface area contributed by atoms with Gasteiger partial charge in [-0.1, -0.05) is 20.8 Å². The normalized spacial score (nSPS) is 33.6. The van der Waals surface area contributed by atoms with Crippen LogP contribution < -0.4 is 0 Å². The third kappa shape index (κ3) is 1.50. The molecule has 0 aromatic heterocycles. The van der Waals surface area contributed by atoms with Crippen LogP contribution in [0.1, 0.15) is 27.2 Å². The average molecular weight is 216 g/mol. The molecule has 0 aromatic carbocycles. The van der Waals surface area contributed by atoms with E-state index in [9.17, 15) is 22.0 Å². The lowest BCUT2D eigenvalue weighted by atomic mass is 9.90. The number of halogens is 5. The molecule has 0 aromatic rings. The summed E-state index contributed by atoms with van der Waals surface area (Å²) in [5.74, 6) is -6.23. The molecule has 0 nitrogen and oxygen atoms in total. The summed E-state index contributed by atoms with van der Waals surface area (Å²) in [6.07, 6.45) is -5.46. The summed E-state index contributed by atoms with van der Waals surface area (Å²) in [4.78, 5) is 0. The molecule has 0 heterocycles. The van der Waals surface area contributed by atoms with Gasteiger partial charge in [-0.3, -0.25) is 0 Å². The summed E-state index contributed by atoms with van der Waals surface area (Å²) in [5, 5.41) is 0. The van der Waals surface area contributed by atoms with Gasteiger partial charge in [-0.2, -0.15) is 22.0 Å². The maximum Gasteiger partial charge on any atom is 0.453 e. The van der Waals surface area contributed by atoms with Gasteiger partial charge in [-0.05, 0) is 17.8 Å². The summed E-state index contributed by atoms with van der Waals surface area (Å²) in [6, 6.07) is 0. The van der Waals surface area contributed by atoms with Gasteiger partial charge in [0, 0.05) is 5.92 Å². The molecule has 84 valence electrons. The maximum absolute atomic E-state index is 12.8. The van der Waals surface area contributed by atoms with Crippen LogP contribution in [0.4, 0.5) is 22.0 Å². The topological polar surface area (TPSA) is 0 Å². The molecule has 0 amide bonds. The quantitative estimate of drug-likeness (QED) is 0.615. The number of alkyl halides is 5. The van der Waals surface area contributed by atoms with E-state index in [-0.39, 0.29) is 12.3 Å². The van der Waals surface area contributed by atoms with Crippen molar-refractivity contribution in [3.63, 3.8) is 0 Å². The molecule has 0 N–H and O–H groups in total. The van der Waals surface area contributed by atoms with Crippen LogP contribution in [-0.2, 0) is 0 Å². The van der Waals surface area contributed by atoms with Gasteiger partial charge in [0.2, 0.25) is 0 Å². The Balaban J connectivity index is 2.81. The van der Waals surface area contributed by atoms with Crippen molar-refractivity contribution in [2.24, 2.45) is 17.3 Å². The third-order valence-corrected chi connectivity index (χ3v) is 3.41. The van der Waals surface area contributed by atoms with Crippen LogP contribution in [0.2, 0.25) is 0 Å². The third-order valence-electron chi connectivity index (χ3n) is 3.41. The first-order valence-electron chi connectivity index (χ1n) is 4.48. The first-order valence-corrected chi connectivity index (χ1v) is 4.48. The minimum Gasteiger partial charge on any atom is -0.196 e. The molecule has 2 atom stereocenters. The second kappa shape index (κ2) is 2.83. The Morgan fingerprint density at radius 3 is 1.79 bits per heavy atom. The Bertz CT molecular complexity index is 230. The molecule has 1 aliphatic carbocycles. The molecule has 1 fully saturated rings. The fourth-order valence-electron chi connectivity index (χ4n) is 1.76. The molecule has 14 heavy (non-hydrogen) atoms. The second-order valence-corrected chi connectivity index (χ2v) is 4.54. The van der Waals surface area contributed by atoms with Gasteiger partial charge in [0.15, 0.2) is 0 Å². The van der Waals surface area contributed by atoms with Crippen LogP contribution in [0.15, 0.2) is 0 Å². The zero-order valence-electron chi connectivity index (χ0n) is 8.25. The maximum atomic E-state index is 12.8. The van der Waals surface area contributed by atoms with Crippen molar-refractivity contribution < 1.29 is 22.0 Å². The van der Waals surface area contributed by atoms with E-state index >= 15 is 0 Å². The summed E-state index contributed by atoms with van der Waals surface area (Å²) < 4.78 is 61.6. The second-order valence-electron chi connectivity index (χ2n) is 4.54. The first kappa shape index (κ1) is 11.7. The zero-order valence-corrected chi connectivity index (χ0v) is 8.25. The molecule has 0 aliphatic heterocycles. The predicted octanol–water partition coefficient (Wildman–Crippen LogP) is 3.87. The standard InChI is InChI=1S/C9H13F5/c1-5(2)7(3)4-6(7)8(10,11)9(12,13)14/h5-6H,4H2,1-3H3. The van der Waals surface area contributed by atoms with Gasteiger partial charge in [0.05, 0.1) is 0 Å². The fraction of sp³-hybridized carbons (Fsp3) is 1.00. The SMILES string of the molecule is CC(C)C1(C)CC1C(F)(F)C(F)(F)F. The fourth-order valence-corrected chi connectivity index (χ4v) is 1.76. The monoisotopic (exact) mass is 216 g/mol. The molecular weight excluding hydrogens is 203 g/mol. The van der Waals surface area contributed by atoms with Crippen molar-refractivity contribution in [2.45, 2.75) is 39.3 Å². The number of hydrogen-bond donors (Lipinski definition) is 0. The Labute approximate surface area is 79.5 Å². The van der Waals surface area contributed by atoms with Crippen LogP contribution in [0.3, 0.4) is 0 Å². The van der Waals surface area contributed by atoms with E-state index in [1.165, 1.54) is 6.92 Å². The van der Waals surface area contributed by atoms with E-state index < -0.39 is 23.4 Å². The van der Waals surface area contributed by atoms with Crippen molar-refractivity contribution in [3.05, 3.63) is 0 Å². The van der Waals surface area contributed by atoms with E-state index in [4.69, 9.17) is 0 Å². The van der Waals surface area contributed by atoms with E-state index in [1.807, 2.05) is 0 Å². The molecule has 2 unspecified atom stereocenters. The predicted molar refractivity (Wildman–Crippen MR) is 42.1 cm³/mol. The summed E-state index contributed by atoms with van der Waals surface area (Å²) in [7, 11) is 0. The molecule has 1 saturated carbocycles. The Hall–Kier alpha value is -0.350. The average Bonchev–Trinajstić information content (AvgIpc) is 2.61. The minimum atomic E-state index is -5.41. The van der Waals surface area contributed by atoms with Gasteiger partial charge in [-0.25, -0.2) is 0 Å². The minimum absolute atomic E-state index is 0.0445. The summed E-state index contributed by atoms with van der Waals surface area (Å²) >= 11 is 0. The van der Waals surface area contributed by atoms with Crippen LogP contribution in [-0.4, -0.2) is 12.1 Å². The largest absolute Gasteiger partial charge is 0.453 e. The van der Waals surface area contributed by atoms with Gasteiger partial charge in [-0.15, -0.1) is 0 Å². The van der Waals surface area contributed by atoms with Gasteiger partial charge >= 0.3 is 12.1 Å². The van der Waals surface area contributed by atoms with Crippen molar-refractivity contribution in [3.8, 4) is 0 Å². The van der Waals surface area contributed by atoms with E-state index in [2.05, 4.69) is 0 Å². The highest BCUT2D eigenvalue weighted by atomic mass is 19.4. The van der Waals surface area contributed by atoms with Crippen molar-refractivity contribution in [2.75, 3.05) is 0 Å². The van der Waals surface area contributed by atoms with Gasteiger partial charge < -0.3 is 0 Å². The lowest BCUT2D eigenvalue weighted by molar-refractivity contribution is -0.294. The summed E-state index contributed by atoms with van der Waals surface area (Å²) in [5.41, 5.74) is -0.862. The molecule has 0 spiro atoms.